The van der Waals surface area contributed by atoms with E-state index in [1.807, 2.05) is 19.0 Å². The lowest BCUT2D eigenvalue weighted by Crippen LogP contribution is -2.13. The van der Waals surface area contributed by atoms with Crippen LogP contribution in [0.2, 0.25) is 0 Å². The summed E-state index contributed by atoms with van der Waals surface area (Å²) in [6.45, 7) is 0. The molecule has 3 N–H and O–H groups in total. The van der Waals surface area contributed by atoms with E-state index in [2.05, 4.69) is 20.3 Å². The zero-order chi connectivity index (χ0) is 13.8. The minimum Gasteiger partial charge on any atom is -0.409 e. The highest BCUT2D eigenvalue weighted by molar-refractivity contribution is 8.01. The molecule has 0 saturated carbocycles. The van der Waals surface area contributed by atoms with E-state index in [0.29, 0.717) is 5.56 Å². The number of rotatable bonds is 4. The van der Waals surface area contributed by atoms with Crippen LogP contribution in [0.4, 0.5) is 5.13 Å². The van der Waals surface area contributed by atoms with Gasteiger partial charge in [0.05, 0.1) is 0 Å². The van der Waals surface area contributed by atoms with Crippen LogP contribution in [0.25, 0.3) is 0 Å². The van der Waals surface area contributed by atoms with Crippen LogP contribution in [-0.2, 0) is 0 Å². The minimum atomic E-state index is 0.0369. The van der Waals surface area contributed by atoms with E-state index in [0.717, 1.165) is 14.5 Å². The summed E-state index contributed by atoms with van der Waals surface area (Å²) in [4.78, 5) is 6.11. The fraction of sp³-hybridized carbons (Fsp3) is 0.200. The van der Waals surface area contributed by atoms with Crippen LogP contribution < -0.4 is 10.6 Å². The van der Waals surface area contributed by atoms with Crippen LogP contribution in [0.3, 0.4) is 0 Å². The number of hydrogen-bond donors (Lipinski definition) is 2. The molecule has 2 heterocycles. The maximum atomic E-state index is 8.56. The molecule has 9 heteroatoms. The van der Waals surface area contributed by atoms with Gasteiger partial charge in [-0.3, -0.25) is 0 Å². The molecule has 0 fully saturated rings. The second-order valence-corrected chi connectivity index (χ2v) is 5.94. The topological polar surface area (TPSA) is 101 Å². The van der Waals surface area contributed by atoms with Crippen molar-refractivity contribution in [3.05, 3.63) is 23.9 Å². The molecule has 0 amide bonds. The molecule has 0 unspecified atom stereocenters. The number of pyridine rings is 1. The first-order valence-electron chi connectivity index (χ1n) is 5.23. The third-order valence-electron chi connectivity index (χ3n) is 2.11. The molecule has 0 radical (unpaired) electrons. The lowest BCUT2D eigenvalue weighted by molar-refractivity contribution is 0.318. The maximum Gasteiger partial charge on any atom is 0.208 e. The predicted molar refractivity (Wildman–Crippen MR) is 75.1 cm³/mol. The Morgan fingerprint density at radius 1 is 1.42 bits per heavy atom. The minimum absolute atomic E-state index is 0.0369. The van der Waals surface area contributed by atoms with Gasteiger partial charge in [0.25, 0.3) is 0 Å². The van der Waals surface area contributed by atoms with Crippen molar-refractivity contribution >= 4 is 34.1 Å². The Morgan fingerprint density at radius 3 is 2.74 bits per heavy atom. The molecule has 0 aliphatic heterocycles. The van der Waals surface area contributed by atoms with Crippen LogP contribution in [0, 0.1) is 0 Å². The van der Waals surface area contributed by atoms with Gasteiger partial charge >= 0.3 is 0 Å². The van der Waals surface area contributed by atoms with Crippen LogP contribution in [-0.4, -0.2) is 40.3 Å². The molecule has 0 atom stereocenters. The van der Waals surface area contributed by atoms with Crippen LogP contribution in [0.15, 0.2) is 32.9 Å². The van der Waals surface area contributed by atoms with Gasteiger partial charge in [-0.05, 0) is 23.9 Å². The summed E-state index contributed by atoms with van der Waals surface area (Å²) in [6, 6.07) is 3.52. The zero-order valence-corrected chi connectivity index (χ0v) is 11.9. The van der Waals surface area contributed by atoms with Crippen LogP contribution in [0.5, 0.6) is 0 Å². The first-order valence-corrected chi connectivity index (χ1v) is 6.86. The van der Waals surface area contributed by atoms with Gasteiger partial charge < -0.3 is 15.8 Å². The molecular formula is C10H12N6OS2. The Morgan fingerprint density at radius 2 is 2.21 bits per heavy atom. The van der Waals surface area contributed by atoms with Gasteiger partial charge in [-0.1, -0.05) is 16.5 Å². The number of nitrogens with two attached hydrogens (primary N) is 1. The van der Waals surface area contributed by atoms with Crippen molar-refractivity contribution in [3.8, 4) is 0 Å². The van der Waals surface area contributed by atoms with Crippen molar-refractivity contribution in [3.63, 3.8) is 0 Å². The van der Waals surface area contributed by atoms with E-state index in [4.69, 9.17) is 10.9 Å². The summed E-state index contributed by atoms with van der Waals surface area (Å²) in [7, 11) is 3.83. The second-order valence-electron chi connectivity index (χ2n) is 3.72. The average molecular weight is 296 g/mol. The summed E-state index contributed by atoms with van der Waals surface area (Å²) >= 11 is 2.91. The van der Waals surface area contributed by atoms with Crippen molar-refractivity contribution in [2.45, 2.75) is 9.37 Å². The normalized spacial score (nSPS) is 11.6. The number of anilines is 1. The Labute approximate surface area is 118 Å². The van der Waals surface area contributed by atoms with E-state index in [1.54, 1.807) is 18.3 Å². The number of hydrogen-bond acceptors (Lipinski definition) is 8. The number of amidine groups is 1. The van der Waals surface area contributed by atoms with Crippen molar-refractivity contribution in [1.29, 1.82) is 0 Å². The Bertz CT molecular complexity index is 580. The highest BCUT2D eigenvalue weighted by Crippen LogP contribution is 2.31. The molecule has 2 aromatic heterocycles. The van der Waals surface area contributed by atoms with Gasteiger partial charge in [0.2, 0.25) is 5.13 Å². The highest BCUT2D eigenvalue weighted by atomic mass is 32.2. The summed E-state index contributed by atoms with van der Waals surface area (Å²) in [5, 5.41) is 21.2. The van der Waals surface area contributed by atoms with Gasteiger partial charge in [0.15, 0.2) is 10.2 Å². The number of aromatic nitrogens is 3. The molecule has 19 heavy (non-hydrogen) atoms. The van der Waals surface area contributed by atoms with Gasteiger partial charge in [0.1, 0.15) is 5.03 Å². The summed E-state index contributed by atoms with van der Waals surface area (Å²) in [5.41, 5.74) is 6.03. The van der Waals surface area contributed by atoms with Gasteiger partial charge in [-0.15, -0.1) is 10.2 Å². The van der Waals surface area contributed by atoms with E-state index < -0.39 is 0 Å². The molecular weight excluding hydrogens is 284 g/mol. The molecule has 0 bridgehead atoms. The molecule has 0 aromatic carbocycles. The molecule has 2 rings (SSSR count). The van der Waals surface area contributed by atoms with Gasteiger partial charge in [-0.2, -0.15) is 0 Å². The van der Waals surface area contributed by atoms with E-state index >= 15 is 0 Å². The first-order chi connectivity index (χ1) is 9.10. The zero-order valence-electron chi connectivity index (χ0n) is 10.3. The van der Waals surface area contributed by atoms with Crippen molar-refractivity contribution in [2.75, 3.05) is 19.0 Å². The lowest BCUT2D eigenvalue weighted by Gasteiger charge is -2.03. The molecule has 0 spiro atoms. The van der Waals surface area contributed by atoms with Crippen LogP contribution >= 0.6 is 23.1 Å². The third-order valence-corrected chi connectivity index (χ3v) is 4.20. The average Bonchev–Trinajstić information content (AvgIpc) is 2.87. The van der Waals surface area contributed by atoms with E-state index in [1.165, 1.54) is 23.1 Å². The molecule has 0 aliphatic carbocycles. The number of nitrogens with zero attached hydrogens (tertiary/aromatic N) is 5. The molecule has 2 aromatic rings. The third kappa shape index (κ3) is 3.32. The smallest absolute Gasteiger partial charge is 0.208 e. The SMILES string of the molecule is CN(C)c1nnc(Sc2ccc(C(N)=NO)cn2)s1. The summed E-state index contributed by atoms with van der Waals surface area (Å²) in [5.74, 6) is 0.0369. The largest absolute Gasteiger partial charge is 0.409 e. The second kappa shape index (κ2) is 5.85. The quantitative estimate of drug-likeness (QED) is 0.379. The Balaban J connectivity index is 2.10. The van der Waals surface area contributed by atoms with Crippen molar-refractivity contribution < 1.29 is 5.21 Å². The predicted octanol–water partition coefficient (Wildman–Crippen LogP) is 1.24. The Hall–Kier alpha value is -1.87. The van der Waals surface area contributed by atoms with Gasteiger partial charge in [-0.25, -0.2) is 4.98 Å². The van der Waals surface area contributed by atoms with E-state index in [9.17, 15) is 0 Å². The highest BCUT2D eigenvalue weighted by Gasteiger charge is 2.08. The molecule has 100 valence electrons. The van der Waals surface area contributed by atoms with E-state index in [-0.39, 0.29) is 5.84 Å². The fourth-order valence-electron chi connectivity index (χ4n) is 1.16. The van der Waals surface area contributed by atoms with Crippen molar-refractivity contribution in [2.24, 2.45) is 10.9 Å². The fourth-order valence-corrected chi connectivity index (χ4v) is 2.81. The summed E-state index contributed by atoms with van der Waals surface area (Å²) in [6.07, 6.45) is 1.55. The van der Waals surface area contributed by atoms with Crippen molar-refractivity contribution in [1.82, 2.24) is 15.2 Å². The Kier molecular flexibility index (Phi) is 4.17. The lowest BCUT2D eigenvalue weighted by atomic mass is 10.3. The molecule has 0 aliphatic rings. The van der Waals surface area contributed by atoms with Gasteiger partial charge in [0, 0.05) is 25.9 Å². The van der Waals surface area contributed by atoms with Crippen LogP contribution in [0.1, 0.15) is 5.56 Å². The number of oxime groups is 1. The maximum absolute atomic E-state index is 8.56. The molecule has 7 nitrogen and oxygen atoms in total. The monoisotopic (exact) mass is 296 g/mol. The summed E-state index contributed by atoms with van der Waals surface area (Å²) < 4.78 is 0.813. The first kappa shape index (κ1) is 13.6. The standard InChI is InChI=1S/C10H12N6OS2/c1-16(2)9-13-14-10(19-9)18-7-4-3-6(5-12-7)8(11)15-17/h3-5,17H,1-2H3,(H2,11,15). The molecule has 0 saturated heterocycles.